The molecule has 1 saturated heterocycles. The molecule has 0 spiro atoms. The summed E-state index contributed by atoms with van der Waals surface area (Å²) in [6.07, 6.45) is -0.956. The van der Waals surface area contributed by atoms with Crippen molar-refractivity contribution in [2.24, 2.45) is 0 Å². The zero-order valence-corrected chi connectivity index (χ0v) is 12.6. The first kappa shape index (κ1) is 15.1. The van der Waals surface area contributed by atoms with Crippen molar-refractivity contribution in [2.75, 3.05) is 24.5 Å². The lowest BCUT2D eigenvalue weighted by molar-refractivity contribution is -0.133. The van der Waals surface area contributed by atoms with Gasteiger partial charge in [0, 0.05) is 24.5 Å². The van der Waals surface area contributed by atoms with Gasteiger partial charge < -0.3 is 10.2 Å². The van der Waals surface area contributed by atoms with Gasteiger partial charge in [-0.05, 0) is 12.8 Å². The number of halogens is 2. The maximum atomic E-state index is 12.6. The number of anilines is 1. The Bertz CT molecular complexity index is 576. The number of aromatic nitrogens is 1. The Morgan fingerprint density at radius 3 is 2.91 bits per heavy atom. The first-order valence-corrected chi connectivity index (χ1v) is 8.00. The van der Waals surface area contributed by atoms with Gasteiger partial charge in [-0.15, -0.1) is 11.3 Å². The zero-order valence-electron chi connectivity index (χ0n) is 11.8. The van der Waals surface area contributed by atoms with Crippen molar-refractivity contribution in [1.82, 2.24) is 15.2 Å². The van der Waals surface area contributed by atoms with Crippen LogP contribution in [-0.2, 0) is 11.2 Å². The molecular weight excluding hydrogens is 314 g/mol. The Balaban J connectivity index is 1.63. The third-order valence-corrected chi connectivity index (χ3v) is 4.51. The second-order valence-electron chi connectivity index (χ2n) is 5.35. The standard InChI is InChI=1S/C13H16F2N4O2S/c14-10(15)6-19(9-1-2-9)11(20)5-8-7-22-13(17-8)18-4-3-16-12(18)21/h7,9-10H,1-6H2,(H,16,21). The van der Waals surface area contributed by atoms with E-state index in [1.165, 1.54) is 21.1 Å². The van der Waals surface area contributed by atoms with Crippen molar-refractivity contribution in [3.05, 3.63) is 11.1 Å². The summed E-state index contributed by atoms with van der Waals surface area (Å²) in [7, 11) is 0. The van der Waals surface area contributed by atoms with Crippen LogP contribution in [0.5, 0.6) is 0 Å². The summed E-state index contributed by atoms with van der Waals surface area (Å²) >= 11 is 1.28. The predicted octanol–water partition coefficient (Wildman–Crippen LogP) is 1.47. The fourth-order valence-electron chi connectivity index (χ4n) is 2.40. The third kappa shape index (κ3) is 3.34. The van der Waals surface area contributed by atoms with E-state index in [0.29, 0.717) is 23.9 Å². The largest absolute Gasteiger partial charge is 0.336 e. The van der Waals surface area contributed by atoms with E-state index in [1.54, 1.807) is 5.38 Å². The molecule has 6 nitrogen and oxygen atoms in total. The van der Waals surface area contributed by atoms with Crippen molar-refractivity contribution < 1.29 is 18.4 Å². The summed E-state index contributed by atoms with van der Waals surface area (Å²) in [6.45, 7) is 0.588. The molecule has 0 atom stereocenters. The number of amides is 3. The number of hydrogen-bond acceptors (Lipinski definition) is 4. The molecule has 9 heteroatoms. The average Bonchev–Trinajstić information content (AvgIpc) is 3.05. The Morgan fingerprint density at radius 2 is 2.32 bits per heavy atom. The smallest absolute Gasteiger partial charge is 0.323 e. The van der Waals surface area contributed by atoms with Crippen molar-refractivity contribution in [3.8, 4) is 0 Å². The Labute approximate surface area is 130 Å². The molecular formula is C13H16F2N4O2S. The first-order chi connectivity index (χ1) is 10.5. The van der Waals surface area contributed by atoms with Gasteiger partial charge in [-0.2, -0.15) is 0 Å². The molecule has 2 fully saturated rings. The fraction of sp³-hybridized carbons (Fsp3) is 0.615. The number of hydrogen-bond donors (Lipinski definition) is 1. The minimum Gasteiger partial charge on any atom is -0.336 e. The number of carbonyl (C=O) groups is 2. The molecule has 1 aliphatic carbocycles. The van der Waals surface area contributed by atoms with Crippen LogP contribution in [0.15, 0.2) is 5.38 Å². The number of rotatable bonds is 6. The molecule has 22 heavy (non-hydrogen) atoms. The fourth-order valence-corrected chi connectivity index (χ4v) is 3.25. The molecule has 1 aromatic heterocycles. The number of thiazole rings is 1. The van der Waals surface area contributed by atoms with Crippen molar-refractivity contribution >= 4 is 28.4 Å². The number of alkyl halides is 2. The SMILES string of the molecule is O=C1NCCN1c1nc(CC(=O)N(CC(F)F)C2CC2)cs1. The highest BCUT2D eigenvalue weighted by Crippen LogP contribution is 2.29. The molecule has 0 unspecified atom stereocenters. The topological polar surface area (TPSA) is 65.5 Å². The van der Waals surface area contributed by atoms with E-state index in [9.17, 15) is 18.4 Å². The monoisotopic (exact) mass is 330 g/mol. The Hall–Kier alpha value is -1.77. The molecule has 0 bridgehead atoms. The second-order valence-corrected chi connectivity index (χ2v) is 6.19. The highest BCUT2D eigenvalue weighted by Gasteiger charge is 2.34. The lowest BCUT2D eigenvalue weighted by Gasteiger charge is -2.21. The van der Waals surface area contributed by atoms with Gasteiger partial charge in [-0.25, -0.2) is 18.6 Å². The highest BCUT2D eigenvalue weighted by atomic mass is 32.1. The summed E-state index contributed by atoms with van der Waals surface area (Å²) in [6, 6.07) is -0.256. The van der Waals surface area contributed by atoms with E-state index in [-0.39, 0.29) is 24.4 Å². The van der Waals surface area contributed by atoms with Crippen LogP contribution in [0.2, 0.25) is 0 Å². The average molecular weight is 330 g/mol. The van der Waals surface area contributed by atoms with Crippen LogP contribution in [0.1, 0.15) is 18.5 Å². The summed E-state index contributed by atoms with van der Waals surface area (Å²) in [5.74, 6) is -0.328. The highest BCUT2D eigenvalue weighted by molar-refractivity contribution is 7.14. The number of urea groups is 1. The van der Waals surface area contributed by atoms with Crippen LogP contribution in [0.4, 0.5) is 18.7 Å². The van der Waals surface area contributed by atoms with Crippen LogP contribution in [0.3, 0.4) is 0 Å². The van der Waals surface area contributed by atoms with Crippen LogP contribution < -0.4 is 10.2 Å². The summed E-state index contributed by atoms with van der Waals surface area (Å²) in [5, 5.41) is 4.91. The molecule has 2 heterocycles. The molecule has 2 aliphatic rings. The van der Waals surface area contributed by atoms with Gasteiger partial charge >= 0.3 is 6.03 Å². The van der Waals surface area contributed by atoms with Gasteiger partial charge in [0.15, 0.2) is 5.13 Å². The Morgan fingerprint density at radius 1 is 1.55 bits per heavy atom. The van der Waals surface area contributed by atoms with Crippen LogP contribution in [0, 0.1) is 0 Å². The maximum absolute atomic E-state index is 12.6. The van der Waals surface area contributed by atoms with Crippen molar-refractivity contribution in [2.45, 2.75) is 31.7 Å². The molecule has 3 rings (SSSR count). The zero-order chi connectivity index (χ0) is 15.7. The lowest BCUT2D eigenvalue weighted by atomic mass is 10.3. The molecule has 3 amide bonds. The van der Waals surface area contributed by atoms with Gasteiger partial charge in [-0.1, -0.05) is 0 Å². The second kappa shape index (κ2) is 6.15. The number of nitrogens with one attached hydrogen (secondary N) is 1. The maximum Gasteiger partial charge on any atom is 0.323 e. The first-order valence-electron chi connectivity index (χ1n) is 7.12. The van der Waals surface area contributed by atoms with Crippen molar-refractivity contribution in [1.29, 1.82) is 0 Å². The van der Waals surface area contributed by atoms with Gasteiger partial charge in [0.25, 0.3) is 6.43 Å². The van der Waals surface area contributed by atoms with E-state index in [2.05, 4.69) is 10.3 Å². The molecule has 1 aliphatic heterocycles. The van der Waals surface area contributed by atoms with E-state index in [0.717, 1.165) is 12.8 Å². The van der Waals surface area contributed by atoms with E-state index in [4.69, 9.17) is 0 Å². The van der Waals surface area contributed by atoms with Gasteiger partial charge in [-0.3, -0.25) is 9.69 Å². The van der Waals surface area contributed by atoms with Gasteiger partial charge in [0.1, 0.15) is 0 Å². The van der Waals surface area contributed by atoms with Crippen LogP contribution in [-0.4, -0.2) is 53.9 Å². The van der Waals surface area contributed by atoms with E-state index >= 15 is 0 Å². The summed E-state index contributed by atoms with van der Waals surface area (Å²) in [4.78, 5) is 30.8. The molecule has 1 aromatic rings. The van der Waals surface area contributed by atoms with E-state index in [1.807, 2.05) is 0 Å². The minimum absolute atomic E-state index is 0.00478. The van der Waals surface area contributed by atoms with Gasteiger partial charge in [0.2, 0.25) is 5.91 Å². The minimum atomic E-state index is -2.52. The van der Waals surface area contributed by atoms with Crippen molar-refractivity contribution in [3.63, 3.8) is 0 Å². The Kier molecular flexibility index (Phi) is 4.23. The molecule has 0 aromatic carbocycles. The molecule has 120 valence electrons. The number of nitrogens with zero attached hydrogens (tertiary/aromatic N) is 3. The van der Waals surface area contributed by atoms with Crippen LogP contribution >= 0.6 is 11.3 Å². The van der Waals surface area contributed by atoms with E-state index < -0.39 is 13.0 Å². The van der Waals surface area contributed by atoms with Gasteiger partial charge in [0.05, 0.1) is 18.7 Å². The van der Waals surface area contributed by atoms with Crippen LogP contribution in [0.25, 0.3) is 0 Å². The third-order valence-electron chi connectivity index (χ3n) is 3.60. The molecule has 1 saturated carbocycles. The summed E-state index contributed by atoms with van der Waals surface area (Å²) < 4.78 is 25.1. The lowest BCUT2D eigenvalue weighted by Crippen LogP contribution is -2.38. The summed E-state index contributed by atoms with van der Waals surface area (Å²) in [5.41, 5.74) is 0.518. The molecule has 1 N–H and O–H groups in total. The normalized spacial score (nSPS) is 18.0. The molecule has 0 radical (unpaired) electrons. The number of carbonyl (C=O) groups excluding carboxylic acids is 2. The predicted molar refractivity (Wildman–Crippen MR) is 77.3 cm³/mol. The quantitative estimate of drug-likeness (QED) is 0.859.